The van der Waals surface area contributed by atoms with Crippen LogP contribution < -0.4 is 0 Å². The van der Waals surface area contributed by atoms with Gasteiger partial charge in [0.15, 0.2) is 5.78 Å². The minimum atomic E-state index is -0.653. The lowest BCUT2D eigenvalue weighted by Crippen LogP contribution is -2.45. The van der Waals surface area contributed by atoms with Gasteiger partial charge in [0, 0.05) is 13.0 Å². The Kier molecular flexibility index (Phi) is 5.15. The number of aryl methyl sites for hydroxylation is 1. The summed E-state index contributed by atoms with van der Waals surface area (Å²) in [5.41, 5.74) is 1.08. The van der Waals surface area contributed by atoms with Gasteiger partial charge in [-0.2, -0.15) is 0 Å². The van der Waals surface area contributed by atoms with E-state index in [-0.39, 0.29) is 18.0 Å². The molecule has 0 atom stereocenters. The van der Waals surface area contributed by atoms with Crippen molar-refractivity contribution < 1.29 is 13.9 Å². The highest BCUT2D eigenvalue weighted by atomic mass is 19.1. The van der Waals surface area contributed by atoms with E-state index in [1.54, 1.807) is 6.07 Å². The Labute approximate surface area is 126 Å². The first-order valence-electron chi connectivity index (χ1n) is 7.89. The molecular formula is C18H25FO2. The Morgan fingerprint density at radius 2 is 2.05 bits per heavy atom. The Balaban J connectivity index is 2.17. The molecule has 21 heavy (non-hydrogen) atoms. The molecule has 3 heteroatoms. The number of ketones is 1. The first kappa shape index (κ1) is 16.2. The van der Waals surface area contributed by atoms with Crippen molar-refractivity contribution in [1.82, 2.24) is 0 Å². The monoisotopic (exact) mass is 292 g/mol. The molecular weight excluding hydrogens is 267 g/mol. The topological polar surface area (TPSA) is 26.3 Å². The van der Waals surface area contributed by atoms with Crippen molar-refractivity contribution in [1.29, 1.82) is 0 Å². The summed E-state index contributed by atoms with van der Waals surface area (Å²) >= 11 is 0. The van der Waals surface area contributed by atoms with E-state index in [2.05, 4.69) is 6.92 Å². The normalized spacial score (nSPS) is 25.8. The van der Waals surface area contributed by atoms with Crippen LogP contribution in [0, 0.1) is 18.7 Å². The molecule has 0 radical (unpaired) electrons. The summed E-state index contributed by atoms with van der Waals surface area (Å²) in [6.07, 6.45) is 3.88. The molecule has 1 fully saturated rings. The SMILES string of the molecule is CCOC1(C(=O)Cc2cc(F)ccc2C)CCC(C)CC1. The van der Waals surface area contributed by atoms with Crippen LogP contribution in [0.5, 0.6) is 0 Å². The van der Waals surface area contributed by atoms with Gasteiger partial charge in [0.1, 0.15) is 11.4 Å². The maximum absolute atomic E-state index is 13.4. The van der Waals surface area contributed by atoms with Crippen molar-refractivity contribution in [3.63, 3.8) is 0 Å². The largest absolute Gasteiger partial charge is 0.367 e. The van der Waals surface area contributed by atoms with Crippen LogP contribution in [0.3, 0.4) is 0 Å². The lowest BCUT2D eigenvalue weighted by molar-refractivity contribution is -0.149. The fourth-order valence-electron chi connectivity index (χ4n) is 3.17. The first-order chi connectivity index (χ1) is 9.97. The van der Waals surface area contributed by atoms with Crippen LogP contribution in [-0.2, 0) is 16.0 Å². The van der Waals surface area contributed by atoms with E-state index in [4.69, 9.17) is 4.74 Å². The molecule has 0 N–H and O–H groups in total. The maximum Gasteiger partial charge on any atom is 0.168 e. The number of rotatable bonds is 5. The third-order valence-electron chi connectivity index (χ3n) is 4.67. The molecule has 1 aliphatic rings. The predicted octanol–water partition coefficient (Wildman–Crippen LogP) is 4.23. The molecule has 1 aromatic carbocycles. The van der Waals surface area contributed by atoms with E-state index in [9.17, 15) is 9.18 Å². The first-order valence-corrected chi connectivity index (χ1v) is 7.89. The van der Waals surface area contributed by atoms with Gasteiger partial charge in [-0.25, -0.2) is 4.39 Å². The third-order valence-corrected chi connectivity index (χ3v) is 4.67. The van der Waals surface area contributed by atoms with E-state index in [0.717, 1.165) is 36.8 Å². The number of hydrogen-bond donors (Lipinski definition) is 0. The second kappa shape index (κ2) is 6.69. The molecule has 0 aromatic heterocycles. The minimum Gasteiger partial charge on any atom is -0.367 e. The Morgan fingerprint density at radius 1 is 1.38 bits per heavy atom. The van der Waals surface area contributed by atoms with Crippen molar-refractivity contribution >= 4 is 5.78 Å². The van der Waals surface area contributed by atoms with E-state index < -0.39 is 5.60 Å². The van der Waals surface area contributed by atoms with Crippen LogP contribution in [-0.4, -0.2) is 18.0 Å². The van der Waals surface area contributed by atoms with Crippen molar-refractivity contribution in [2.75, 3.05) is 6.61 Å². The summed E-state index contributed by atoms with van der Waals surface area (Å²) in [4.78, 5) is 12.8. The zero-order valence-corrected chi connectivity index (χ0v) is 13.2. The molecule has 1 aromatic rings. The summed E-state index contributed by atoms with van der Waals surface area (Å²) in [5, 5.41) is 0. The molecule has 0 bridgehead atoms. The van der Waals surface area contributed by atoms with Crippen LogP contribution >= 0.6 is 0 Å². The smallest absolute Gasteiger partial charge is 0.168 e. The van der Waals surface area contributed by atoms with Crippen LogP contribution in [0.2, 0.25) is 0 Å². The van der Waals surface area contributed by atoms with Gasteiger partial charge in [0.05, 0.1) is 0 Å². The molecule has 0 heterocycles. The number of carbonyl (C=O) groups is 1. The van der Waals surface area contributed by atoms with E-state index in [0.29, 0.717) is 12.5 Å². The lowest BCUT2D eigenvalue weighted by Gasteiger charge is -2.38. The van der Waals surface area contributed by atoms with Crippen molar-refractivity contribution in [2.24, 2.45) is 5.92 Å². The van der Waals surface area contributed by atoms with E-state index in [1.807, 2.05) is 13.8 Å². The molecule has 0 unspecified atom stereocenters. The molecule has 0 amide bonds. The van der Waals surface area contributed by atoms with Gasteiger partial charge in [-0.1, -0.05) is 13.0 Å². The molecule has 116 valence electrons. The van der Waals surface area contributed by atoms with E-state index >= 15 is 0 Å². The average Bonchev–Trinajstić information content (AvgIpc) is 2.46. The van der Waals surface area contributed by atoms with Crippen LogP contribution in [0.4, 0.5) is 4.39 Å². The maximum atomic E-state index is 13.4. The van der Waals surface area contributed by atoms with Gasteiger partial charge in [-0.05, 0) is 68.7 Å². The van der Waals surface area contributed by atoms with Crippen LogP contribution in [0.15, 0.2) is 18.2 Å². The molecule has 1 saturated carbocycles. The average molecular weight is 292 g/mol. The van der Waals surface area contributed by atoms with E-state index in [1.165, 1.54) is 12.1 Å². The van der Waals surface area contributed by atoms with Gasteiger partial charge >= 0.3 is 0 Å². The van der Waals surface area contributed by atoms with Crippen molar-refractivity contribution in [3.05, 3.63) is 35.1 Å². The fourth-order valence-corrected chi connectivity index (χ4v) is 3.17. The number of halogens is 1. The highest BCUT2D eigenvalue weighted by Gasteiger charge is 2.41. The third kappa shape index (κ3) is 3.70. The van der Waals surface area contributed by atoms with Crippen LogP contribution in [0.1, 0.15) is 50.7 Å². The summed E-state index contributed by atoms with van der Waals surface area (Å²) < 4.78 is 19.3. The zero-order valence-electron chi connectivity index (χ0n) is 13.2. The molecule has 2 nitrogen and oxygen atoms in total. The van der Waals surface area contributed by atoms with Crippen molar-refractivity contribution in [2.45, 2.75) is 58.5 Å². The van der Waals surface area contributed by atoms with Gasteiger partial charge < -0.3 is 4.74 Å². The molecule has 0 spiro atoms. The standard InChI is InChI=1S/C18H25FO2/c1-4-21-18(9-7-13(2)8-10-18)17(20)12-15-11-16(19)6-5-14(15)3/h5-6,11,13H,4,7-10,12H2,1-3H3. The summed E-state index contributed by atoms with van der Waals surface area (Å²) in [5.74, 6) is 0.471. The summed E-state index contributed by atoms with van der Waals surface area (Å²) in [6, 6.07) is 4.64. The Morgan fingerprint density at radius 3 is 2.67 bits per heavy atom. The molecule has 1 aliphatic carbocycles. The highest BCUT2D eigenvalue weighted by Crippen LogP contribution is 2.36. The Hall–Kier alpha value is -1.22. The highest BCUT2D eigenvalue weighted by molar-refractivity contribution is 5.89. The Bertz CT molecular complexity index is 502. The summed E-state index contributed by atoms with van der Waals surface area (Å²) in [6.45, 7) is 6.61. The second-order valence-corrected chi connectivity index (χ2v) is 6.28. The molecule has 0 saturated heterocycles. The van der Waals surface area contributed by atoms with Gasteiger partial charge in [0.2, 0.25) is 0 Å². The second-order valence-electron chi connectivity index (χ2n) is 6.28. The minimum absolute atomic E-state index is 0.102. The lowest BCUT2D eigenvalue weighted by atomic mass is 9.75. The number of ether oxygens (including phenoxy) is 1. The number of hydrogen-bond acceptors (Lipinski definition) is 2. The number of Topliss-reactive ketones (excluding diaryl/α,β-unsaturated/α-hetero) is 1. The van der Waals surface area contributed by atoms with Gasteiger partial charge in [-0.3, -0.25) is 4.79 Å². The predicted molar refractivity (Wildman–Crippen MR) is 81.8 cm³/mol. The zero-order chi connectivity index (χ0) is 15.5. The van der Waals surface area contributed by atoms with Crippen molar-refractivity contribution in [3.8, 4) is 0 Å². The number of benzene rings is 1. The number of carbonyl (C=O) groups excluding carboxylic acids is 1. The van der Waals surface area contributed by atoms with Crippen LogP contribution in [0.25, 0.3) is 0 Å². The molecule has 0 aliphatic heterocycles. The van der Waals surface area contributed by atoms with Gasteiger partial charge in [0.25, 0.3) is 0 Å². The quantitative estimate of drug-likeness (QED) is 0.811. The van der Waals surface area contributed by atoms with Gasteiger partial charge in [-0.15, -0.1) is 0 Å². The fraction of sp³-hybridized carbons (Fsp3) is 0.611. The summed E-state index contributed by atoms with van der Waals surface area (Å²) in [7, 11) is 0. The molecule has 2 rings (SSSR count).